The molecule has 240 valence electrons. The number of hydrogen-bond donors (Lipinski definition) is 1. The van der Waals surface area contributed by atoms with Crippen LogP contribution in [0.5, 0.6) is 11.5 Å². The van der Waals surface area contributed by atoms with Crippen LogP contribution in [-0.4, -0.2) is 68.0 Å². The highest BCUT2D eigenvalue weighted by atomic mass is 35.5. The fraction of sp³-hybridized carbons (Fsp3) is 0.457. The second-order valence-corrected chi connectivity index (χ2v) is 14.9. The molecule has 2 heterocycles. The third-order valence-corrected chi connectivity index (χ3v) is 11.5. The predicted octanol–water partition coefficient (Wildman–Crippen LogP) is 6.13. The van der Waals surface area contributed by atoms with Crippen LogP contribution in [0.25, 0.3) is 11.1 Å². The van der Waals surface area contributed by atoms with Gasteiger partial charge >= 0.3 is 0 Å². The molecular weight excluding hydrogens is 610 g/mol. The summed E-state index contributed by atoms with van der Waals surface area (Å²) < 4.78 is 41.7. The maximum absolute atomic E-state index is 14.0. The number of sulfonamides is 1. The summed E-state index contributed by atoms with van der Waals surface area (Å²) >= 11 is 6.03. The second kappa shape index (κ2) is 14.1. The van der Waals surface area contributed by atoms with Crippen molar-refractivity contribution in [2.24, 2.45) is 11.7 Å². The lowest BCUT2D eigenvalue weighted by atomic mass is 9.90. The molecule has 0 unspecified atom stereocenters. The number of amides is 1. The highest BCUT2D eigenvalue weighted by Crippen LogP contribution is 2.32. The molecule has 3 aromatic rings. The van der Waals surface area contributed by atoms with Crippen molar-refractivity contribution >= 4 is 27.5 Å². The molecule has 0 aromatic heterocycles. The largest absolute Gasteiger partial charge is 0.493 e. The summed E-state index contributed by atoms with van der Waals surface area (Å²) in [7, 11) is -3.95. The number of carbonyl (C=O) groups is 1. The van der Waals surface area contributed by atoms with Gasteiger partial charge in [0.15, 0.2) is 0 Å². The van der Waals surface area contributed by atoms with Gasteiger partial charge in [-0.25, -0.2) is 8.42 Å². The zero-order valence-electron chi connectivity index (χ0n) is 25.5. The van der Waals surface area contributed by atoms with Crippen LogP contribution in [0.3, 0.4) is 0 Å². The molecule has 2 saturated heterocycles. The van der Waals surface area contributed by atoms with Crippen LogP contribution in [0.4, 0.5) is 0 Å². The van der Waals surface area contributed by atoms with E-state index in [1.807, 2.05) is 48.5 Å². The van der Waals surface area contributed by atoms with E-state index in [0.29, 0.717) is 55.0 Å². The van der Waals surface area contributed by atoms with Crippen molar-refractivity contribution in [1.29, 1.82) is 0 Å². The Labute approximate surface area is 271 Å². The molecule has 6 rings (SSSR count). The first kappa shape index (κ1) is 31.9. The first-order chi connectivity index (χ1) is 21.8. The Bertz CT molecular complexity index is 1540. The molecule has 0 radical (unpaired) electrons. The number of ether oxygens (including phenoxy) is 2. The van der Waals surface area contributed by atoms with Crippen molar-refractivity contribution in [2.75, 3.05) is 26.2 Å². The van der Waals surface area contributed by atoms with E-state index >= 15 is 0 Å². The normalized spacial score (nSPS) is 23.2. The average Bonchev–Trinajstić information content (AvgIpc) is 3.51. The summed E-state index contributed by atoms with van der Waals surface area (Å²) in [4.78, 5) is 15.7. The molecule has 2 aliphatic heterocycles. The van der Waals surface area contributed by atoms with Crippen molar-refractivity contribution in [1.82, 2.24) is 9.21 Å². The van der Waals surface area contributed by atoms with Gasteiger partial charge in [0.1, 0.15) is 23.6 Å². The van der Waals surface area contributed by atoms with Gasteiger partial charge in [-0.05, 0) is 91.3 Å². The third-order valence-electron chi connectivity index (χ3n) is 9.30. The van der Waals surface area contributed by atoms with Crippen LogP contribution >= 0.6 is 11.6 Å². The summed E-state index contributed by atoms with van der Waals surface area (Å²) in [6.45, 7) is 1.77. The molecule has 3 fully saturated rings. The number of benzene rings is 3. The van der Waals surface area contributed by atoms with Crippen LogP contribution in [0.1, 0.15) is 51.4 Å². The average molecular weight is 652 g/mol. The lowest BCUT2D eigenvalue weighted by molar-refractivity contribution is -0.136. The summed E-state index contributed by atoms with van der Waals surface area (Å²) in [5, 5.41) is 0.683. The van der Waals surface area contributed by atoms with Crippen LogP contribution in [0.15, 0.2) is 77.7 Å². The van der Waals surface area contributed by atoms with Crippen LogP contribution in [0.2, 0.25) is 5.02 Å². The molecule has 3 aromatic carbocycles. The summed E-state index contributed by atoms with van der Waals surface area (Å²) in [6.07, 6.45) is 7.23. The van der Waals surface area contributed by atoms with Crippen LogP contribution in [0, 0.1) is 5.92 Å². The van der Waals surface area contributed by atoms with E-state index in [-0.39, 0.29) is 35.9 Å². The second-order valence-electron chi connectivity index (χ2n) is 12.5. The van der Waals surface area contributed by atoms with E-state index in [2.05, 4.69) is 0 Å². The molecule has 2 N–H and O–H groups in total. The Kier molecular flexibility index (Phi) is 9.99. The monoisotopic (exact) mass is 651 g/mol. The van der Waals surface area contributed by atoms with Gasteiger partial charge in [0.05, 0.1) is 11.5 Å². The minimum atomic E-state index is -3.95. The van der Waals surface area contributed by atoms with Gasteiger partial charge in [0, 0.05) is 37.1 Å². The smallest absolute Gasteiger partial charge is 0.243 e. The summed E-state index contributed by atoms with van der Waals surface area (Å²) in [5.74, 6) is 1.67. The Morgan fingerprint density at radius 2 is 1.47 bits per heavy atom. The van der Waals surface area contributed by atoms with Gasteiger partial charge in [-0.15, -0.1) is 0 Å². The number of halogens is 1. The topological polar surface area (TPSA) is 102 Å². The highest BCUT2D eigenvalue weighted by Gasteiger charge is 2.44. The summed E-state index contributed by atoms with van der Waals surface area (Å²) in [5.41, 5.74) is 8.19. The van der Waals surface area contributed by atoms with Gasteiger partial charge in [-0.3, -0.25) is 4.79 Å². The van der Waals surface area contributed by atoms with Crippen molar-refractivity contribution in [3.8, 4) is 22.6 Å². The minimum Gasteiger partial charge on any atom is -0.493 e. The highest BCUT2D eigenvalue weighted by molar-refractivity contribution is 7.89. The predicted molar refractivity (Wildman–Crippen MR) is 176 cm³/mol. The van der Waals surface area contributed by atoms with Crippen LogP contribution < -0.4 is 15.2 Å². The minimum absolute atomic E-state index is 0.102. The fourth-order valence-corrected chi connectivity index (χ4v) is 8.43. The van der Waals surface area contributed by atoms with Gasteiger partial charge in [0.25, 0.3) is 0 Å². The molecule has 10 heteroatoms. The molecule has 45 heavy (non-hydrogen) atoms. The van der Waals surface area contributed by atoms with Crippen molar-refractivity contribution in [2.45, 2.75) is 74.4 Å². The molecule has 0 bridgehead atoms. The molecule has 3 atom stereocenters. The maximum Gasteiger partial charge on any atom is 0.243 e. The van der Waals surface area contributed by atoms with Gasteiger partial charge in [-0.1, -0.05) is 55.1 Å². The number of carbonyl (C=O) groups excluding carboxylic acids is 1. The van der Waals surface area contributed by atoms with Crippen molar-refractivity contribution < 1.29 is 22.7 Å². The molecule has 1 saturated carbocycles. The van der Waals surface area contributed by atoms with E-state index in [9.17, 15) is 13.2 Å². The van der Waals surface area contributed by atoms with E-state index in [1.165, 1.54) is 36.4 Å². The lowest BCUT2D eigenvalue weighted by Crippen LogP contribution is -2.56. The molecule has 1 aliphatic carbocycles. The fourth-order valence-electron chi connectivity index (χ4n) is 6.70. The first-order valence-corrected chi connectivity index (χ1v) is 17.9. The molecule has 3 aliphatic rings. The van der Waals surface area contributed by atoms with E-state index in [1.54, 1.807) is 29.2 Å². The van der Waals surface area contributed by atoms with Gasteiger partial charge < -0.3 is 20.1 Å². The Balaban J connectivity index is 1.15. The van der Waals surface area contributed by atoms with Gasteiger partial charge in [0.2, 0.25) is 15.9 Å². The SMILES string of the molecule is N[C@@H]1CCN(C(=O)[C@@H]2C[C@@H](Oc3ccc(-c4ccc(Cl)cc4)cc3)CCN2S(=O)(=O)c2ccc(OCC3CCCCC3)cc2)C1. The van der Waals surface area contributed by atoms with E-state index in [0.717, 1.165) is 11.1 Å². The Morgan fingerprint density at radius 1 is 0.822 bits per heavy atom. The molecule has 8 nitrogen and oxygen atoms in total. The lowest BCUT2D eigenvalue weighted by Gasteiger charge is -2.39. The van der Waals surface area contributed by atoms with E-state index < -0.39 is 16.1 Å². The number of rotatable bonds is 9. The quantitative estimate of drug-likeness (QED) is 0.299. The number of piperidine rings is 1. The van der Waals surface area contributed by atoms with Crippen molar-refractivity contribution in [3.05, 3.63) is 77.8 Å². The number of likely N-dealkylation sites (tertiary alicyclic amines) is 1. The Morgan fingerprint density at radius 3 is 2.11 bits per heavy atom. The Hall–Kier alpha value is -3.11. The van der Waals surface area contributed by atoms with Gasteiger partial charge in [-0.2, -0.15) is 4.31 Å². The van der Waals surface area contributed by atoms with E-state index in [4.69, 9.17) is 26.8 Å². The number of hydrogen-bond acceptors (Lipinski definition) is 6. The summed E-state index contributed by atoms with van der Waals surface area (Å²) in [6, 6.07) is 21.0. The molecule has 1 amide bonds. The number of nitrogens with two attached hydrogens (primary N) is 1. The van der Waals surface area contributed by atoms with Crippen LogP contribution in [-0.2, 0) is 14.8 Å². The standard InChI is InChI=1S/C35H42ClN3O5S/c36-28-10-6-26(7-11-28)27-8-12-31(13-9-27)44-32-19-21-39(34(22-32)35(40)38-20-18-29(37)23-38)45(41,42)33-16-14-30(15-17-33)43-24-25-4-2-1-3-5-25/h6-17,25,29,32,34H,1-5,18-24,37H2/t29-,32+,34+/m1/s1. The molecular formula is C35H42ClN3O5S. The maximum atomic E-state index is 14.0. The number of nitrogens with zero attached hydrogens (tertiary/aromatic N) is 2. The zero-order valence-corrected chi connectivity index (χ0v) is 27.1. The molecule has 0 spiro atoms. The van der Waals surface area contributed by atoms with Crippen molar-refractivity contribution in [3.63, 3.8) is 0 Å². The zero-order chi connectivity index (χ0) is 31.4. The first-order valence-electron chi connectivity index (χ1n) is 16.1. The third kappa shape index (κ3) is 7.65.